The number of nitrogens with zero attached hydrogens (tertiary/aromatic N) is 4. The predicted molar refractivity (Wildman–Crippen MR) is 319 cm³/mol. The maximum atomic E-state index is 12.3. The Kier molecular flexibility index (Phi) is 8.90. The standard InChI is InChI=1S/C68H38N4S2Si/c1-70-62-60(41-20-4-2-5-21-41)51(40-69)63(71-52-28-12-18-34-58(52)75(59-35-19-13-29-53(59)71)56-32-16-10-26-45(56)46-27-11-17-33-57(46)75)61(42-22-6-3-7-23-42)66(62)72-64-47(36-38-49-43-24-8-14-30-54(43)73-67(49)64)48-37-39-50-44-25-9-15-31-55(44)74-68(50)65(48)72/h2-39H. The van der Waals surface area contributed by atoms with Gasteiger partial charge >= 0.3 is 0 Å². The van der Waals surface area contributed by atoms with Crippen LogP contribution in [0.2, 0.25) is 0 Å². The third-order valence-electron chi connectivity index (χ3n) is 16.0. The van der Waals surface area contributed by atoms with E-state index in [4.69, 9.17) is 4.85 Å². The summed E-state index contributed by atoms with van der Waals surface area (Å²) in [5.41, 5.74) is 12.3. The van der Waals surface area contributed by atoms with Crippen LogP contribution < -0.4 is 25.6 Å². The average Bonchev–Trinajstić information content (AvgIpc) is 4.42. The zero-order valence-corrected chi connectivity index (χ0v) is 42.7. The van der Waals surface area contributed by atoms with Gasteiger partial charge in [-0.2, -0.15) is 5.26 Å². The molecule has 0 bridgehead atoms. The maximum Gasteiger partial charge on any atom is 0.220 e. The molecule has 4 nitrogen and oxygen atoms in total. The van der Waals surface area contributed by atoms with Gasteiger partial charge in [-0.1, -0.05) is 206 Å². The van der Waals surface area contributed by atoms with Gasteiger partial charge in [0.1, 0.15) is 6.07 Å². The van der Waals surface area contributed by atoms with Crippen LogP contribution in [0.25, 0.3) is 106 Å². The third kappa shape index (κ3) is 5.51. The molecule has 0 saturated heterocycles. The van der Waals surface area contributed by atoms with Crippen LogP contribution in [0.4, 0.5) is 22.7 Å². The van der Waals surface area contributed by atoms with Crippen molar-refractivity contribution < 1.29 is 0 Å². The number of benzene rings is 11. The monoisotopic (exact) mass is 1000 g/mol. The summed E-state index contributed by atoms with van der Waals surface area (Å²) in [6.45, 7) is 9.62. The van der Waals surface area contributed by atoms with Gasteiger partial charge in [-0.3, -0.25) is 0 Å². The largest absolute Gasteiger partial charge is 0.316 e. The molecule has 3 aromatic heterocycles. The lowest BCUT2D eigenvalue weighted by Crippen LogP contribution is -2.75. The first kappa shape index (κ1) is 42.2. The molecule has 0 atom stereocenters. The highest BCUT2D eigenvalue weighted by molar-refractivity contribution is 7.27. The first-order valence-corrected chi connectivity index (χ1v) is 28.8. The fourth-order valence-electron chi connectivity index (χ4n) is 13.2. The van der Waals surface area contributed by atoms with E-state index >= 15 is 0 Å². The fraction of sp³-hybridized carbons (Fsp3) is 0. The van der Waals surface area contributed by atoms with Crippen molar-refractivity contribution in [3.8, 4) is 45.1 Å². The highest BCUT2D eigenvalue weighted by atomic mass is 32.1. The number of aromatic nitrogens is 1. The van der Waals surface area contributed by atoms with Crippen LogP contribution in [0.1, 0.15) is 5.56 Å². The van der Waals surface area contributed by atoms with Crippen LogP contribution >= 0.6 is 22.7 Å². The number of anilines is 3. The number of rotatable bonds is 4. The van der Waals surface area contributed by atoms with Crippen molar-refractivity contribution in [2.24, 2.45) is 0 Å². The van der Waals surface area contributed by atoms with Crippen molar-refractivity contribution in [3.05, 3.63) is 248 Å². The van der Waals surface area contributed by atoms with Gasteiger partial charge in [-0.05, 0) is 67.3 Å². The van der Waals surface area contributed by atoms with Gasteiger partial charge in [-0.25, -0.2) is 4.85 Å². The molecule has 0 aliphatic carbocycles. The zero-order valence-electron chi connectivity index (χ0n) is 40.0. The number of para-hydroxylation sites is 2. The molecule has 75 heavy (non-hydrogen) atoms. The van der Waals surface area contributed by atoms with Gasteiger partial charge in [0.15, 0.2) is 8.07 Å². The molecule has 16 rings (SSSR count). The number of hydrogen-bond donors (Lipinski definition) is 0. The third-order valence-corrected chi connectivity index (χ3v) is 23.4. The second-order valence-corrected chi connectivity index (χ2v) is 25.3. The summed E-state index contributed by atoms with van der Waals surface area (Å²) in [7, 11) is -3.01. The molecule has 0 N–H and O–H groups in total. The smallest absolute Gasteiger partial charge is 0.220 e. The second kappa shape index (κ2) is 15.8. The molecule has 346 valence electrons. The van der Waals surface area contributed by atoms with E-state index in [1.165, 1.54) is 62.8 Å². The molecular weight excluding hydrogens is 965 g/mol. The van der Waals surface area contributed by atoms with Crippen molar-refractivity contribution >= 4 is 136 Å². The molecule has 0 radical (unpaired) electrons. The van der Waals surface area contributed by atoms with Crippen LogP contribution in [0.15, 0.2) is 231 Å². The van der Waals surface area contributed by atoms with Crippen LogP contribution in [-0.2, 0) is 0 Å². The van der Waals surface area contributed by atoms with Gasteiger partial charge in [-0.15, -0.1) is 22.7 Å². The van der Waals surface area contributed by atoms with Crippen molar-refractivity contribution in [2.75, 3.05) is 4.90 Å². The summed E-state index contributed by atoms with van der Waals surface area (Å²) in [6, 6.07) is 86.2. The molecule has 2 aliphatic heterocycles. The summed E-state index contributed by atoms with van der Waals surface area (Å²) in [5.74, 6) is 0. The Morgan fingerprint density at radius 2 is 0.840 bits per heavy atom. The minimum atomic E-state index is -3.01. The van der Waals surface area contributed by atoms with E-state index in [1.807, 2.05) is 40.9 Å². The van der Waals surface area contributed by atoms with Crippen molar-refractivity contribution in [1.82, 2.24) is 4.57 Å². The lowest BCUT2D eigenvalue weighted by molar-refractivity contribution is 1.19. The number of hydrogen-bond acceptors (Lipinski definition) is 4. The summed E-state index contributed by atoms with van der Waals surface area (Å²) in [4.78, 5) is 7.12. The maximum absolute atomic E-state index is 12.3. The van der Waals surface area contributed by atoms with Crippen molar-refractivity contribution in [3.63, 3.8) is 0 Å². The van der Waals surface area contributed by atoms with Gasteiger partial charge in [0.05, 0.1) is 43.9 Å². The normalized spacial score (nSPS) is 13.1. The zero-order chi connectivity index (χ0) is 49.5. The predicted octanol–water partition coefficient (Wildman–Crippen LogP) is 16.4. The van der Waals surface area contributed by atoms with Gasteiger partial charge in [0.2, 0.25) is 5.69 Å². The molecule has 14 aromatic rings. The Morgan fingerprint density at radius 3 is 1.35 bits per heavy atom. The first-order valence-electron chi connectivity index (χ1n) is 25.2. The SMILES string of the molecule is [C-]#[N+]c1c(-c2ccccc2)c(C#N)c(N2c3ccccc3[Si]3(c4ccccc4-c4ccccc43)c3ccccc32)c(-c2ccccc2)c1-n1c2c(ccc3c4ccccc4sc32)c2ccc3c4ccccc4sc3c21. The molecule has 0 fully saturated rings. The number of fused-ring (bicyclic) bond motifs is 20. The van der Waals surface area contributed by atoms with E-state index in [1.54, 1.807) is 0 Å². The molecule has 5 heterocycles. The van der Waals surface area contributed by atoms with E-state index in [9.17, 15) is 11.8 Å². The highest BCUT2D eigenvalue weighted by Gasteiger charge is 2.54. The van der Waals surface area contributed by atoms with Crippen molar-refractivity contribution in [2.45, 2.75) is 0 Å². The Balaban J connectivity index is 1.16. The van der Waals surface area contributed by atoms with Crippen molar-refractivity contribution in [1.29, 1.82) is 5.26 Å². The van der Waals surface area contributed by atoms with E-state index < -0.39 is 8.07 Å². The quantitative estimate of drug-likeness (QED) is 0.130. The van der Waals surface area contributed by atoms with Crippen LogP contribution in [0, 0.1) is 17.9 Å². The number of nitriles is 1. The Bertz CT molecular complexity index is 4660. The summed E-state index contributed by atoms with van der Waals surface area (Å²) in [5, 5.41) is 24.5. The minimum absolute atomic E-state index is 0.429. The average molecular weight is 1000 g/mol. The lowest BCUT2D eigenvalue weighted by Gasteiger charge is -2.44. The highest BCUT2D eigenvalue weighted by Crippen LogP contribution is 2.57. The Morgan fingerprint density at radius 1 is 0.413 bits per heavy atom. The topological polar surface area (TPSA) is 36.3 Å². The van der Waals surface area contributed by atoms with Crippen LogP contribution in [0.3, 0.4) is 0 Å². The second-order valence-electron chi connectivity index (χ2n) is 19.5. The summed E-state index contributed by atoms with van der Waals surface area (Å²) >= 11 is 3.62. The van der Waals surface area contributed by atoms with Gasteiger partial charge < -0.3 is 9.47 Å². The molecule has 7 heteroatoms. The summed E-state index contributed by atoms with van der Waals surface area (Å²) < 4.78 is 7.19. The molecule has 0 saturated carbocycles. The fourth-order valence-corrected chi connectivity index (χ4v) is 21.2. The van der Waals surface area contributed by atoms with E-state index in [0.717, 1.165) is 70.6 Å². The Labute approximate surface area is 440 Å². The molecule has 1 spiro atoms. The van der Waals surface area contributed by atoms with E-state index in [-0.39, 0.29) is 0 Å². The van der Waals surface area contributed by atoms with E-state index in [0.29, 0.717) is 16.8 Å². The van der Waals surface area contributed by atoms with E-state index in [2.05, 4.69) is 228 Å². The molecule has 0 amide bonds. The van der Waals surface area contributed by atoms with Crippen LogP contribution in [-0.4, -0.2) is 12.6 Å². The molecular formula is C68H38N4S2Si. The molecule has 2 aliphatic rings. The minimum Gasteiger partial charge on any atom is -0.316 e. The van der Waals surface area contributed by atoms with Crippen LogP contribution in [0.5, 0.6) is 0 Å². The van der Waals surface area contributed by atoms with Gasteiger partial charge in [0, 0.05) is 64.2 Å². The molecule has 11 aromatic carbocycles. The Hall–Kier alpha value is -9.34. The van der Waals surface area contributed by atoms with Gasteiger partial charge in [0.25, 0.3) is 0 Å². The molecule has 0 unspecified atom stereocenters. The summed E-state index contributed by atoms with van der Waals surface area (Å²) in [6.07, 6.45) is 0. The number of thiophene rings is 2. The lowest BCUT2D eigenvalue weighted by atomic mass is 9.88. The first-order chi connectivity index (χ1) is 37.2.